The Kier molecular flexibility index (Phi) is 12.1. The number of nitrogens with zero attached hydrogens (tertiary/aromatic N) is 6. The lowest BCUT2D eigenvalue weighted by atomic mass is 10.1. The molecule has 5 aromatic rings. The molecule has 0 radical (unpaired) electrons. The SMILES string of the molecule is COc1cc(S(=O)(=O)CCOS(=O)(=O)O)ccc1N=Nc1ccc(N=Nc2c(N)c(N=Nc3ccc(C)cc3)cc(S(=O)(=O)O)c2N)c2cc(S(=O)(=O)O)ccc12. The van der Waals surface area contributed by atoms with Gasteiger partial charge in [-0.15, -0.1) is 25.6 Å². The van der Waals surface area contributed by atoms with Gasteiger partial charge in [-0.2, -0.15) is 30.4 Å². The molecule has 0 aliphatic carbocycles. The van der Waals surface area contributed by atoms with Gasteiger partial charge in [0.2, 0.25) is 0 Å². The number of sulfone groups is 1. The van der Waals surface area contributed by atoms with E-state index < -0.39 is 74.0 Å². The summed E-state index contributed by atoms with van der Waals surface area (Å²) in [6.07, 6.45) is 0. The standard InChI is InChI=1S/C32H30N8O13S4/c1-18-3-5-19(6-4-18)35-39-27-17-29(56(46,47)48)31(34)32(30(27)33)40-37-25-12-11-24(22-9-7-21(15-23(22)25)55(43,44)45)36-38-26-10-8-20(16-28(26)52-2)54(41,42)14-13-53-57(49,50)51/h3-12,15-17H,13-14,33-34H2,1-2H3,(H,43,44,45)(H,46,47,48)(H,49,50,51). The molecule has 0 saturated heterocycles. The van der Waals surface area contributed by atoms with Crippen LogP contribution in [0.15, 0.2) is 124 Å². The van der Waals surface area contributed by atoms with Gasteiger partial charge >= 0.3 is 10.4 Å². The molecule has 5 rings (SSSR count). The Morgan fingerprint density at radius 2 is 1.18 bits per heavy atom. The predicted octanol–water partition coefficient (Wildman–Crippen LogP) is 6.65. The highest BCUT2D eigenvalue weighted by molar-refractivity contribution is 7.91. The molecule has 300 valence electrons. The monoisotopic (exact) mass is 862 g/mol. The maximum Gasteiger partial charge on any atom is 0.397 e. The largest absolute Gasteiger partial charge is 0.494 e. The summed E-state index contributed by atoms with van der Waals surface area (Å²) in [5.74, 6) is -0.872. The van der Waals surface area contributed by atoms with Gasteiger partial charge in [0.05, 0.1) is 57.7 Å². The second-order valence-corrected chi connectivity index (χ2v) is 17.7. The number of azo groups is 3. The number of nitrogens with two attached hydrogens (primary N) is 2. The maximum absolute atomic E-state index is 12.7. The Bertz CT molecular complexity index is 2940. The smallest absolute Gasteiger partial charge is 0.397 e. The number of hydrogen-bond donors (Lipinski definition) is 5. The summed E-state index contributed by atoms with van der Waals surface area (Å²) in [6.45, 7) is 1.00. The predicted molar refractivity (Wildman–Crippen MR) is 205 cm³/mol. The van der Waals surface area contributed by atoms with E-state index >= 15 is 0 Å². The fourth-order valence-electron chi connectivity index (χ4n) is 4.93. The van der Waals surface area contributed by atoms with Crippen LogP contribution in [0.3, 0.4) is 0 Å². The number of fused-ring (bicyclic) bond motifs is 1. The molecule has 0 unspecified atom stereocenters. The quantitative estimate of drug-likeness (QED) is 0.0443. The van der Waals surface area contributed by atoms with E-state index in [0.717, 1.165) is 35.9 Å². The summed E-state index contributed by atoms with van der Waals surface area (Å²) >= 11 is 0. The van der Waals surface area contributed by atoms with Crippen molar-refractivity contribution < 1.29 is 56.2 Å². The van der Waals surface area contributed by atoms with Gasteiger partial charge in [0.1, 0.15) is 27.7 Å². The minimum Gasteiger partial charge on any atom is -0.494 e. The third-order valence-corrected chi connectivity index (χ3v) is 11.6. The number of ether oxygens (including phenoxy) is 1. The molecule has 5 aromatic carbocycles. The molecule has 25 heteroatoms. The van der Waals surface area contributed by atoms with E-state index in [1.165, 1.54) is 31.4 Å². The Morgan fingerprint density at radius 3 is 1.79 bits per heavy atom. The van der Waals surface area contributed by atoms with Gasteiger partial charge in [-0.05, 0) is 61.5 Å². The summed E-state index contributed by atoms with van der Waals surface area (Å²) in [5.41, 5.74) is 12.2. The first-order chi connectivity index (χ1) is 26.6. The number of rotatable bonds is 14. The van der Waals surface area contributed by atoms with E-state index in [1.54, 1.807) is 24.3 Å². The molecular formula is C32H30N8O13S4. The Morgan fingerprint density at radius 1 is 0.596 bits per heavy atom. The number of benzene rings is 5. The lowest BCUT2D eigenvalue weighted by Gasteiger charge is -2.11. The summed E-state index contributed by atoms with van der Waals surface area (Å²) in [5, 5.41) is 24.8. The summed E-state index contributed by atoms with van der Waals surface area (Å²) < 4.78 is 133. The van der Waals surface area contributed by atoms with Crippen LogP contribution in [0.25, 0.3) is 10.8 Å². The molecule has 0 atom stereocenters. The molecule has 0 fully saturated rings. The van der Waals surface area contributed by atoms with Crippen molar-refractivity contribution in [1.82, 2.24) is 0 Å². The molecule has 21 nitrogen and oxygen atoms in total. The van der Waals surface area contributed by atoms with Gasteiger partial charge in [0.15, 0.2) is 9.84 Å². The topological polar surface area (TPSA) is 342 Å². The first-order valence-corrected chi connectivity index (χ1v) is 21.6. The molecule has 0 spiro atoms. The number of methoxy groups -OCH3 is 1. The average Bonchev–Trinajstić information content (AvgIpc) is 3.12. The second kappa shape index (κ2) is 16.4. The van der Waals surface area contributed by atoms with Crippen molar-refractivity contribution in [3.63, 3.8) is 0 Å². The third kappa shape index (κ3) is 10.3. The van der Waals surface area contributed by atoms with Crippen LogP contribution in [-0.2, 0) is 44.7 Å². The molecule has 0 heterocycles. The Labute approximate surface area is 325 Å². The normalized spacial score (nSPS) is 13.0. The lowest BCUT2D eigenvalue weighted by Crippen LogP contribution is -2.15. The second-order valence-electron chi connectivity index (χ2n) is 11.7. The zero-order valence-electron chi connectivity index (χ0n) is 29.3. The third-order valence-electron chi connectivity index (χ3n) is 7.76. The van der Waals surface area contributed by atoms with Crippen molar-refractivity contribution >= 4 is 96.7 Å². The number of hydrogen-bond acceptors (Lipinski definition) is 18. The van der Waals surface area contributed by atoms with Crippen molar-refractivity contribution in [2.24, 2.45) is 30.7 Å². The highest BCUT2D eigenvalue weighted by Gasteiger charge is 2.23. The van der Waals surface area contributed by atoms with Crippen molar-refractivity contribution in [3.8, 4) is 5.75 Å². The zero-order chi connectivity index (χ0) is 41.9. The minimum atomic E-state index is -4.96. The van der Waals surface area contributed by atoms with Crippen LogP contribution in [0.5, 0.6) is 5.75 Å². The van der Waals surface area contributed by atoms with E-state index in [0.29, 0.717) is 5.69 Å². The summed E-state index contributed by atoms with van der Waals surface area (Å²) in [7, 11) is -17.5. The van der Waals surface area contributed by atoms with Gasteiger partial charge in [-0.1, -0.05) is 23.8 Å². The highest BCUT2D eigenvalue weighted by atomic mass is 32.3. The van der Waals surface area contributed by atoms with Gasteiger partial charge in [0.25, 0.3) is 20.2 Å². The Hall–Kier alpha value is -5.80. The van der Waals surface area contributed by atoms with E-state index in [1.807, 2.05) is 6.92 Å². The number of aryl methyl sites for hydroxylation is 1. The lowest BCUT2D eigenvalue weighted by molar-refractivity contribution is 0.284. The number of anilines is 2. The minimum absolute atomic E-state index is 0.0215. The molecular weight excluding hydrogens is 833 g/mol. The molecule has 0 aliphatic rings. The van der Waals surface area contributed by atoms with E-state index in [-0.39, 0.29) is 49.9 Å². The van der Waals surface area contributed by atoms with Crippen LogP contribution in [0.1, 0.15) is 5.56 Å². The molecule has 0 aliphatic heterocycles. The highest BCUT2D eigenvalue weighted by Crippen LogP contribution is 2.44. The van der Waals surface area contributed by atoms with Crippen LogP contribution in [-0.4, -0.2) is 66.8 Å². The molecule has 0 aromatic heterocycles. The van der Waals surface area contributed by atoms with E-state index in [9.17, 15) is 42.8 Å². The molecule has 0 bridgehead atoms. The van der Waals surface area contributed by atoms with Crippen molar-refractivity contribution in [2.75, 3.05) is 30.9 Å². The summed E-state index contributed by atoms with van der Waals surface area (Å²) in [6, 6.07) is 17.3. The molecule has 7 N–H and O–H groups in total. The molecule has 0 saturated carbocycles. The van der Waals surface area contributed by atoms with Crippen LogP contribution in [0.4, 0.5) is 45.5 Å². The van der Waals surface area contributed by atoms with Gasteiger partial charge < -0.3 is 16.2 Å². The molecule has 57 heavy (non-hydrogen) atoms. The van der Waals surface area contributed by atoms with Gasteiger partial charge in [-0.25, -0.2) is 12.6 Å². The van der Waals surface area contributed by atoms with Crippen molar-refractivity contribution in [1.29, 1.82) is 0 Å². The fraction of sp³-hybridized carbons (Fsp3) is 0.125. The van der Waals surface area contributed by atoms with Crippen LogP contribution >= 0.6 is 0 Å². The van der Waals surface area contributed by atoms with Crippen molar-refractivity contribution in [2.45, 2.75) is 21.6 Å². The van der Waals surface area contributed by atoms with Crippen LogP contribution in [0, 0.1) is 6.92 Å². The summed E-state index contributed by atoms with van der Waals surface area (Å²) in [4.78, 5) is -1.64. The first-order valence-electron chi connectivity index (χ1n) is 15.7. The van der Waals surface area contributed by atoms with Crippen LogP contribution in [0.2, 0.25) is 0 Å². The fourth-order valence-corrected chi connectivity index (χ4v) is 7.57. The number of nitrogen functional groups attached to an aromatic ring is 2. The first kappa shape index (κ1) is 42.3. The van der Waals surface area contributed by atoms with Crippen LogP contribution < -0.4 is 16.2 Å². The zero-order valence-corrected chi connectivity index (χ0v) is 32.6. The van der Waals surface area contributed by atoms with Gasteiger partial charge in [-0.3, -0.25) is 13.7 Å². The maximum atomic E-state index is 12.7. The van der Waals surface area contributed by atoms with Gasteiger partial charge in [0, 0.05) is 16.8 Å². The van der Waals surface area contributed by atoms with E-state index in [2.05, 4.69) is 34.9 Å². The average molecular weight is 863 g/mol. The van der Waals surface area contributed by atoms with E-state index in [4.69, 9.17) is 20.8 Å². The molecule has 0 amide bonds. The Balaban J connectivity index is 1.57. The van der Waals surface area contributed by atoms with Crippen molar-refractivity contribution in [3.05, 3.63) is 84.4 Å².